The molecule has 27 heavy (non-hydrogen) atoms. The van der Waals surface area contributed by atoms with Crippen LogP contribution >= 0.6 is 0 Å². The zero-order chi connectivity index (χ0) is 18.8. The predicted molar refractivity (Wildman–Crippen MR) is 104 cm³/mol. The maximum Gasteiger partial charge on any atom is 0.229 e. The molecule has 0 saturated heterocycles. The summed E-state index contributed by atoms with van der Waals surface area (Å²) < 4.78 is 3.85. The number of aryl methyl sites for hydroxylation is 1. The number of aromatic nitrogens is 5. The summed E-state index contributed by atoms with van der Waals surface area (Å²) in [5, 5.41) is 11.0. The number of para-hydroxylation sites is 2. The molecule has 0 aliphatic carbocycles. The molecule has 0 saturated carbocycles. The van der Waals surface area contributed by atoms with E-state index in [2.05, 4.69) is 20.5 Å². The third-order valence-electron chi connectivity index (χ3n) is 4.55. The van der Waals surface area contributed by atoms with Gasteiger partial charge in [-0.2, -0.15) is 0 Å². The normalized spacial score (nSPS) is 12.2. The number of hydrogen-bond acceptors (Lipinski definition) is 4. The van der Waals surface area contributed by atoms with Crippen LogP contribution in [0.2, 0.25) is 0 Å². The van der Waals surface area contributed by atoms with E-state index < -0.39 is 0 Å². The van der Waals surface area contributed by atoms with Crippen LogP contribution in [0.3, 0.4) is 0 Å². The van der Waals surface area contributed by atoms with Gasteiger partial charge in [-0.15, -0.1) is 10.2 Å². The second-order valence-corrected chi connectivity index (χ2v) is 6.62. The number of carbonyl (C=O) groups excluding carboxylic acids is 1. The summed E-state index contributed by atoms with van der Waals surface area (Å²) in [6, 6.07) is 15.5. The number of amides is 1. The van der Waals surface area contributed by atoms with Crippen molar-refractivity contribution >= 4 is 22.6 Å². The van der Waals surface area contributed by atoms with Crippen LogP contribution in [0.5, 0.6) is 0 Å². The van der Waals surface area contributed by atoms with Gasteiger partial charge in [0.05, 0.1) is 23.3 Å². The van der Waals surface area contributed by atoms with E-state index in [0.717, 1.165) is 28.1 Å². The predicted octanol–water partition coefficient (Wildman–Crippen LogP) is 3.11. The Hall–Kier alpha value is -3.48. The smallest absolute Gasteiger partial charge is 0.229 e. The van der Waals surface area contributed by atoms with Crippen molar-refractivity contribution in [3.8, 4) is 11.4 Å². The van der Waals surface area contributed by atoms with E-state index >= 15 is 0 Å². The second-order valence-electron chi connectivity index (χ2n) is 6.62. The topological polar surface area (TPSA) is 77.6 Å². The van der Waals surface area contributed by atoms with E-state index in [1.54, 1.807) is 12.7 Å². The molecule has 1 atom stereocenters. The third-order valence-corrected chi connectivity index (χ3v) is 4.55. The second kappa shape index (κ2) is 7.03. The van der Waals surface area contributed by atoms with Crippen molar-refractivity contribution in [2.75, 3.05) is 5.32 Å². The van der Waals surface area contributed by atoms with E-state index in [0.29, 0.717) is 6.54 Å². The zero-order valence-electron chi connectivity index (χ0n) is 15.2. The largest absolute Gasteiger partial charge is 0.330 e. The van der Waals surface area contributed by atoms with Gasteiger partial charge < -0.3 is 14.5 Å². The molecule has 2 heterocycles. The standard InChI is InChI=1S/C20H20N6O/c1-14(11-26-12-21-17-8-3-4-9-18(17)26)20(27)23-16-7-5-6-15(10-16)19-24-22-13-25(19)2/h3-10,12-14H,11H2,1-2H3,(H,23,27)/t14-/m0/s1. The van der Waals surface area contributed by atoms with Gasteiger partial charge >= 0.3 is 0 Å². The molecule has 0 spiro atoms. The first-order chi connectivity index (χ1) is 13.1. The Morgan fingerprint density at radius 1 is 1.15 bits per heavy atom. The minimum Gasteiger partial charge on any atom is -0.330 e. The van der Waals surface area contributed by atoms with Gasteiger partial charge in [-0.25, -0.2) is 4.98 Å². The maximum absolute atomic E-state index is 12.7. The number of benzene rings is 2. The number of imidazole rings is 1. The SMILES string of the molecule is C[C@@H](Cn1cnc2ccccc21)C(=O)Nc1cccc(-c2nncn2C)c1. The van der Waals surface area contributed by atoms with Gasteiger partial charge in [-0.05, 0) is 24.3 Å². The lowest BCUT2D eigenvalue weighted by Gasteiger charge is -2.14. The summed E-state index contributed by atoms with van der Waals surface area (Å²) in [6.45, 7) is 2.48. The molecule has 1 amide bonds. The summed E-state index contributed by atoms with van der Waals surface area (Å²) in [4.78, 5) is 17.0. The van der Waals surface area contributed by atoms with Gasteiger partial charge in [-0.1, -0.05) is 31.2 Å². The molecule has 7 heteroatoms. The molecular formula is C20H20N6O. The Morgan fingerprint density at radius 3 is 2.81 bits per heavy atom. The Balaban J connectivity index is 1.48. The van der Waals surface area contributed by atoms with Crippen molar-refractivity contribution in [3.05, 3.63) is 61.2 Å². The van der Waals surface area contributed by atoms with Crippen LogP contribution in [0.4, 0.5) is 5.69 Å². The first kappa shape index (κ1) is 17.0. The van der Waals surface area contributed by atoms with E-state index in [1.807, 2.05) is 71.6 Å². The minimum absolute atomic E-state index is 0.0390. The van der Waals surface area contributed by atoms with Gasteiger partial charge in [0.1, 0.15) is 6.33 Å². The maximum atomic E-state index is 12.7. The molecule has 1 N–H and O–H groups in total. The average Bonchev–Trinajstić information content (AvgIpc) is 3.28. The molecular weight excluding hydrogens is 340 g/mol. The van der Waals surface area contributed by atoms with Crippen LogP contribution in [0, 0.1) is 5.92 Å². The minimum atomic E-state index is -0.207. The molecule has 0 fully saturated rings. The fraction of sp³-hybridized carbons (Fsp3) is 0.200. The summed E-state index contributed by atoms with van der Waals surface area (Å²) in [5.41, 5.74) is 3.60. The summed E-state index contributed by atoms with van der Waals surface area (Å²) in [7, 11) is 1.89. The monoisotopic (exact) mass is 360 g/mol. The number of anilines is 1. The first-order valence-electron chi connectivity index (χ1n) is 8.77. The Kier molecular flexibility index (Phi) is 4.42. The van der Waals surface area contributed by atoms with E-state index in [-0.39, 0.29) is 11.8 Å². The summed E-state index contributed by atoms with van der Waals surface area (Å²) in [6.07, 6.45) is 3.43. The van der Waals surface area contributed by atoms with Crippen molar-refractivity contribution in [3.63, 3.8) is 0 Å². The van der Waals surface area contributed by atoms with Gasteiger partial charge in [0.15, 0.2) is 5.82 Å². The molecule has 0 bridgehead atoms. The molecule has 4 aromatic rings. The number of hydrogen-bond donors (Lipinski definition) is 1. The van der Waals surface area contributed by atoms with E-state index in [9.17, 15) is 4.79 Å². The molecule has 0 radical (unpaired) electrons. The van der Waals surface area contributed by atoms with Crippen molar-refractivity contribution in [1.82, 2.24) is 24.3 Å². The summed E-state index contributed by atoms with van der Waals surface area (Å²) >= 11 is 0. The van der Waals surface area contributed by atoms with Crippen LogP contribution in [-0.2, 0) is 18.4 Å². The lowest BCUT2D eigenvalue weighted by molar-refractivity contribution is -0.119. The van der Waals surface area contributed by atoms with Crippen molar-refractivity contribution in [2.24, 2.45) is 13.0 Å². The lowest BCUT2D eigenvalue weighted by atomic mass is 10.1. The fourth-order valence-electron chi connectivity index (χ4n) is 3.08. The molecule has 7 nitrogen and oxygen atoms in total. The number of carbonyl (C=O) groups is 1. The summed E-state index contributed by atoms with van der Waals surface area (Å²) in [5.74, 6) is 0.507. The van der Waals surface area contributed by atoms with Crippen LogP contribution in [0.25, 0.3) is 22.4 Å². The zero-order valence-corrected chi connectivity index (χ0v) is 15.2. The van der Waals surface area contributed by atoms with Gasteiger partial charge in [0.2, 0.25) is 5.91 Å². The molecule has 136 valence electrons. The van der Waals surface area contributed by atoms with E-state index in [1.165, 1.54) is 0 Å². The van der Waals surface area contributed by atoms with E-state index in [4.69, 9.17) is 0 Å². The fourth-order valence-corrected chi connectivity index (χ4v) is 3.08. The molecule has 0 aliphatic rings. The Morgan fingerprint density at radius 2 is 2.00 bits per heavy atom. The van der Waals surface area contributed by atoms with Crippen LogP contribution < -0.4 is 5.32 Å². The van der Waals surface area contributed by atoms with Crippen molar-refractivity contribution < 1.29 is 4.79 Å². The molecule has 2 aromatic carbocycles. The highest BCUT2D eigenvalue weighted by molar-refractivity contribution is 5.93. The average molecular weight is 360 g/mol. The van der Waals surface area contributed by atoms with Crippen LogP contribution in [0.15, 0.2) is 61.2 Å². The number of nitrogens with one attached hydrogen (secondary N) is 1. The first-order valence-corrected chi connectivity index (χ1v) is 8.77. The third kappa shape index (κ3) is 3.44. The van der Waals surface area contributed by atoms with Gasteiger partial charge in [-0.3, -0.25) is 4.79 Å². The highest BCUT2D eigenvalue weighted by Gasteiger charge is 2.16. The number of nitrogens with zero attached hydrogens (tertiary/aromatic N) is 5. The Bertz CT molecular complexity index is 1100. The van der Waals surface area contributed by atoms with Gasteiger partial charge in [0, 0.05) is 24.8 Å². The quantitative estimate of drug-likeness (QED) is 0.593. The highest BCUT2D eigenvalue weighted by Crippen LogP contribution is 2.21. The highest BCUT2D eigenvalue weighted by atomic mass is 16.1. The molecule has 0 aliphatic heterocycles. The number of rotatable bonds is 5. The van der Waals surface area contributed by atoms with Crippen LogP contribution in [0.1, 0.15) is 6.92 Å². The molecule has 2 aromatic heterocycles. The number of fused-ring (bicyclic) bond motifs is 1. The Labute approximate surface area is 156 Å². The van der Waals surface area contributed by atoms with Crippen molar-refractivity contribution in [2.45, 2.75) is 13.5 Å². The molecule has 0 unspecified atom stereocenters. The van der Waals surface area contributed by atoms with Crippen molar-refractivity contribution in [1.29, 1.82) is 0 Å². The van der Waals surface area contributed by atoms with Crippen LogP contribution in [-0.4, -0.2) is 30.2 Å². The lowest BCUT2D eigenvalue weighted by Crippen LogP contribution is -2.24. The molecule has 4 rings (SSSR count). The van der Waals surface area contributed by atoms with Gasteiger partial charge in [0.25, 0.3) is 0 Å².